The smallest absolute Gasteiger partial charge is 0.264 e. The Hall–Kier alpha value is -3.65. The lowest BCUT2D eigenvalue weighted by Gasteiger charge is -2.33. The van der Waals surface area contributed by atoms with Crippen LogP contribution in [-0.4, -0.2) is 43.3 Å². The molecule has 0 saturated heterocycles. The molecule has 3 aromatic carbocycles. The number of carbonyl (C=O) groups is 2. The Morgan fingerprint density at radius 2 is 1.49 bits per heavy atom. The zero-order valence-electron chi connectivity index (χ0n) is 23.9. The van der Waals surface area contributed by atoms with Crippen molar-refractivity contribution in [3.05, 3.63) is 95.1 Å². The van der Waals surface area contributed by atoms with Crippen molar-refractivity contribution in [2.24, 2.45) is 0 Å². The topological polar surface area (TPSA) is 86.8 Å². The van der Waals surface area contributed by atoms with Gasteiger partial charge < -0.3 is 10.2 Å². The molecule has 0 heterocycles. The minimum Gasteiger partial charge on any atom is -0.350 e. The summed E-state index contributed by atoms with van der Waals surface area (Å²) in [5.41, 5.74) is 3.72. The maximum absolute atomic E-state index is 14.0. The van der Waals surface area contributed by atoms with Crippen LogP contribution in [0, 0.1) is 20.8 Å². The van der Waals surface area contributed by atoms with Crippen LogP contribution in [0.25, 0.3) is 0 Å². The van der Waals surface area contributed by atoms with E-state index in [1.165, 1.54) is 17.0 Å². The molecule has 0 fully saturated rings. The highest BCUT2D eigenvalue weighted by Gasteiger charge is 2.33. The van der Waals surface area contributed by atoms with Gasteiger partial charge in [-0.2, -0.15) is 0 Å². The molecule has 8 heteroatoms. The molecule has 0 bridgehead atoms. The molecule has 0 unspecified atom stereocenters. The Morgan fingerprint density at radius 3 is 2.05 bits per heavy atom. The number of hydrogen-bond donors (Lipinski definition) is 1. The molecule has 0 aliphatic rings. The van der Waals surface area contributed by atoms with Gasteiger partial charge in [-0.3, -0.25) is 13.9 Å². The Morgan fingerprint density at radius 1 is 0.872 bits per heavy atom. The Kier molecular flexibility index (Phi) is 9.22. The number of nitrogens with zero attached hydrogens (tertiary/aromatic N) is 2. The molecule has 0 radical (unpaired) electrons. The largest absolute Gasteiger partial charge is 0.350 e. The molecular formula is C31H39N3O4S. The predicted molar refractivity (Wildman–Crippen MR) is 156 cm³/mol. The van der Waals surface area contributed by atoms with Crippen molar-refractivity contribution >= 4 is 27.5 Å². The lowest BCUT2D eigenvalue weighted by atomic mass is 10.1. The van der Waals surface area contributed by atoms with Crippen molar-refractivity contribution in [2.45, 2.75) is 71.5 Å². The van der Waals surface area contributed by atoms with Crippen LogP contribution in [-0.2, 0) is 26.2 Å². The Bertz CT molecular complexity index is 1410. The van der Waals surface area contributed by atoms with Gasteiger partial charge in [-0.1, -0.05) is 54.1 Å². The standard InChI is InChI=1S/C31H39N3O4S/c1-22-13-16-26(17-14-22)20-33(25(4)30(36)32-31(5,6)7)29(35)21-34(27-18-15-23(2)24(3)19-27)39(37,38)28-11-9-8-10-12-28/h8-19,25H,20-21H2,1-7H3,(H,32,36)/t25-/m0/s1. The van der Waals surface area contributed by atoms with E-state index >= 15 is 0 Å². The number of hydrogen-bond acceptors (Lipinski definition) is 4. The number of carbonyl (C=O) groups excluding carboxylic acids is 2. The summed E-state index contributed by atoms with van der Waals surface area (Å²) in [7, 11) is -4.08. The van der Waals surface area contributed by atoms with Crippen LogP contribution in [0.4, 0.5) is 5.69 Å². The third-order valence-electron chi connectivity index (χ3n) is 6.53. The summed E-state index contributed by atoms with van der Waals surface area (Å²) < 4.78 is 28.8. The van der Waals surface area contributed by atoms with Gasteiger partial charge in [0.25, 0.3) is 10.0 Å². The highest BCUT2D eigenvalue weighted by molar-refractivity contribution is 7.92. The van der Waals surface area contributed by atoms with Crippen molar-refractivity contribution in [3.63, 3.8) is 0 Å². The second kappa shape index (κ2) is 12.0. The van der Waals surface area contributed by atoms with Crippen LogP contribution in [0.15, 0.2) is 77.7 Å². The molecule has 0 aliphatic heterocycles. The maximum atomic E-state index is 14.0. The van der Waals surface area contributed by atoms with Gasteiger partial charge in [0.2, 0.25) is 11.8 Å². The van der Waals surface area contributed by atoms with E-state index in [2.05, 4.69) is 5.32 Å². The molecule has 2 amide bonds. The van der Waals surface area contributed by atoms with Crippen molar-refractivity contribution in [3.8, 4) is 0 Å². The summed E-state index contributed by atoms with van der Waals surface area (Å²) in [6, 6.07) is 20.2. The number of aryl methyl sites for hydroxylation is 3. The average Bonchev–Trinajstić information content (AvgIpc) is 2.87. The first-order valence-corrected chi connectivity index (χ1v) is 14.4. The van der Waals surface area contributed by atoms with E-state index in [0.29, 0.717) is 5.69 Å². The quantitative estimate of drug-likeness (QED) is 0.401. The van der Waals surface area contributed by atoms with Gasteiger partial charge in [-0.05, 0) is 89.4 Å². The Balaban J connectivity index is 2.04. The van der Waals surface area contributed by atoms with Crippen molar-refractivity contribution < 1.29 is 18.0 Å². The van der Waals surface area contributed by atoms with E-state index in [-0.39, 0.29) is 17.3 Å². The maximum Gasteiger partial charge on any atom is 0.264 e. The van der Waals surface area contributed by atoms with Crippen molar-refractivity contribution in [1.29, 1.82) is 0 Å². The summed E-state index contributed by atoms with van der Waals surface area (Å²) in [5, 5.41) is 2.94. The second-order valence-corrected chi connectivity index (χ2v) is 12.9. The molecular weight excluding hydrogens is 510 g/mol. The average molecular weight is 550 g/mol. The van der Waals surface area contributed by atoms with Gasteiger partial charge in [-0.15, -0.1) is 0 Å². The lowest BCUT2D eigenvalue weighted by Crippen LogP contribution is -2.54. The highest BCUT2D eigenvalue weighted by atomic mass is 32.2. The first kappa shape index (κ1) is 29.9. The summed E-state index contributed by atoms with van der Waals surface area (Å²) in [5.74, 6) is -0.795. The fraction of sp³-hybridized carbons (Fsp3) is 0.355. The zero-order valence-corrected chi connectivity index (χ0v) is 24.7. The third-order valence-corrected chi connectivity index (χ3v) is 8.32. The van der Waals surface area contributed by atoms with Crippen LogP contribution in [0.1, 0.15) is 49.9 Å². The monoisotopic (exact) mass is 549 g/mol. The third kappa shape index (κ3) is 7.69. The molecule has 0 spiro atoms. The number of rotatable bonds is 9. The summed E-state index contributed by atoms with van der Waals surface area (Å²) >= 11 is 0. The van der Waals surface area contributed by atoms with Gasteiger partial charge in [0.15, 0.2) is 0 Å². The fourth-order valence-corrected chi connectivity index (χ4v) is 5.50. The first-order valence-electron chi connectivity index (χ1n) is 13.0. The summed E-state index contributed by atoms with van der Waals surface area (Å²) in [6.07, 6.45) is 0. The molecule has 7 nitrogen and oxygen atoms in total. The minimum atomic E-state index is -4.08. The van der Waals surface area contributed by atoms with Gasteiger partial charge in [0.1, 0.15) is 12.6 Å². The van der Waals surface area contributed by atoms with E-state index in [1.807, 2.05) is 71.9 Å². The molecule has 208 valence electrons. The molecule has 39 heavy (non-hydrogen) atoms. The minimum absolute atomic E-state index is 0.0830. The summed E-state index contributed by atoms with van der Waals surface area (Å²) in [6.45, 7) is 12.8. The number of nitrogens with one attached hydrogen (secondary N) is 1. The second-order valence-electron chi connectivity index (χ2n) is 11.0. The fourth-order valence-electron chi connectivity index (χ4n) is 4.08. The molecule has 1 atom stereocenters. The van der Waals surface area contributed by atoms with Gasteiger partial charge in [0.05, 0.1) is 10.6 Å². The normalized spacial score (nSPS) is 12.5. The highest BCUT2D eigenvalue weighted by Crippen LogP contribution is 2.26. The van der Waals surface area contributed by atoms with E-state index in [1.54, 1.807) is 37.3 Å². The number of benzene rings is 3. The van der Waals surface area contributed by atoms with Crippen molar-refractivity contribution in [2.75, 3.05) is 10.8 Å². The van der Waals surface area contributed by atoms with E-state index in [9.17, 15) is 18.0 Å². The van der Waals surface area contributed by atoms with Crippen LogP contribution in [0.5, 0.6) is 0 Å². The van der Waals surface area contributed by atoms with Crippen LogP contribution >= 0.6 is 0 Å². The van der Waals surface area contributed by atoms with Crippen LogP contribution < -0.4 is 9.62 Å². The Labute approximate surface area is 232 Å². The molecule has 3 aromatic rings. The molecule has 3 rings (SSSR count). The zero-order chi connectivity index (χ0) is 29.0. The van der Waals surface area contributed by atoms with Gasteiger partial charge in [-0.25, -0.2) is 8.42 Å². The SMILES string of the molecule is Cc1ccc(CN(C(=O)CN(c2ccc(C)c(C)c2)S(=O)(=O)c2ccccc2)[C@@H](C)C(=O)NC(C)(C)C)cc1. The number of anilines is 1. The summed E-state index contributed by atoms with van der Waals surface area (Å²) in [4.78, 5) is 28.7. The van der Waals surface area contributed by atoms with Crippen LogP contribution in [0.3, 0.4) is 0 Å². The molecule has 0 aliphatic carbocycles. The van der Waals surface area contributed by atoms with Gasteiger partial charge in [0, 0.05) is 12.1 Å². The van der Waals surface area contributed by atoms with Crippen LogP contribution in [0.2, 0.25) is 0 Å². The van der Waals surface area contributed by atoms with E-state index < -0.39 is 34.1 Å². The van der Waals surface area contributed by atoms with Gasteiger partial charge >= 0.3 is 0 Å². The predicted octanol–water partition coefficient (Wildman–Crippen LogP) is 5.14. The lowest BCUT2D eigenvalue weighted by molar-refractivity contribution is -0.140. The van der Waals surface area contributed by atoms with Crippen molar-refractivity contribution in [1.82, 2.24) is 10.2 Å². The molecule has 0 saturated carbocycles. The number of amides is 2. The first-order chi connectivity index (χ1) is 18.2. The molecule has 0 aromatic heterocycles. The van der Waals surface area contributed by atoms with E-state index in [0.717, 1.165) is 26.6 Å². The number of sulfonamides is 1. The molecule has 1 N–H and O–H groups in total. The van der Waals surface area contributed by atoms with E-state index in [4.69, 9.17) is 0 Å².